The molecule has 1 aromatic rings. The number of nitrogens with one attached hydrogen (secondary N) is 2. The molecule has 0 heterocycles. The van der Waals surface area contributed by atoms with Crippen molar-refractivity contribution in [2.75, 3.05) is 13.1 Å². The minimum Gasteiger partial charge on any atom is -0.508 e. The van der Waals surface area contributed by atoms with Crippen molar-refractivity contribution in [3.8, 4) is 5.75 Å². The first-order valence-corrected chi connectivity index (χ1v) is 6.42. The fraction of sp³-hybridized carbons (Fsp3) is 0.500. The third kappa shape index (κ3) is 5.57. The molecule has 4 nitrogen and oxygen atoms in total. The van der Waals surface area contributed by atoms with Gasteiger partial charge in [-0.25, -0.2) is 4.99 Å². The Morgan fingerprint density at radius 1 is 1.33 bits per heavy atom. The number of hydrogen-bond donors (Lipinski definition) is 3. The van der Waals surface area contributed by atoms with Gasteiger partial charge in [0, 0.05) is 13.1 Å². The van der Waals surface area contributed by atoms with Gasteiger partial charge < -0.3 is 15.7 Å². The Morgan fingerprint density at radius 2 is 2.11 bits per heavy atom. The Balaban J connectivity index is 2.59. The zero-order valence-corrected chi connectivity index (χ0v) is 11.4. The van der Waals surface area contributed by atoms with Crippen LogP contribution < -0.4 is 10.6 Å². The molecule has 100 valence electrons. The Labute approximate surface area is 109 Å². The summed E-state index contributed by atoms with van der Waals surface area (Å²) < 4.78 is 0. The van der Waals surface area contributed by atoms with Gasteiger partial charge in [-0.1, -0.05) is 26.0 Å². The fourth-order valence-electron chi connectivity index (χ4n) is 1.47. The van der Waals surface area contributed by atoms with Crippen LogP contribution in [0, 0.1) is 5.92 Å². The van der Waals surface area contributed by atoms with Crippen LogP contribution in [-0.4, -0.2) is 24.2 Å². The molecule has 0 atom stereocenters. The summed E-state index contributed by atoms with van der Waals surface area (Å²) in [6.07, 6.45) is 0. The number of phenolic OH excluding ortho intramolecular Hbond substituents is 1. The predicted molar refractivity (Wildman–Crippen MR) is 75.8 cm³/mol. The first-order chi connectivity index (χ1) is 8.61. The summed E-state index contributed by atoms with van der Waals surface area (Å²) in [4.78, 5) is 4.48. The van der Waals surface area contributed by atoms with Gasteiger partial charge in [-0.2, -0.15) is 0 Å². The van der Waals surface area contributed by atoms with Crippen LogP contribution in [0.4, 0.5) is 0 Å². The van der Waals surface area contributed by atoms with Crippen molar-refractivity contribution in [2.45, 2.75) is 27.3 Å². The summed E-state index contributed by atoms with van der Waals surface area (Å²) >= 11 is 0. The number of aliphatic imine (C=N–C) groups is 1. The molecule has 0 saturated carbocycles. The third-order valence-electron chi connectivity index (χ3n) is 2.35. The van der Waals surface area contributed by atoms with E-state index in [9.17, 15) is 5.11 Å². The summed E-state index contributed by atoms with van der Waals surface area (Å²) in [5, 5.41) is 15.9. The predicted octanol–water partition coefficient (Wildman–Crippen LogP) is 2.10. The van der Waals surface area contributed by atoms with Crippen LogP contribution in [0.1, 0.15) is 26.3 Å². The van der Waals surface area contributed by atoms with Gasteiger partial charge in [0.2, 0.25) is 0 Å². The molecule has 0 saturated heterocycles. The normalized spacial score (nSPS) is 11.7. The number of aromatic hydroxyl groups is 1. The summed E-state index contributed by atoms with van der Waals surface area (Å²) in [5.74, 6) is 1.67. The summed E-state index contributed by atoms with van der Waals surface area (Å²) in [7, 11) is 0. The van der Waals surface area contributed by atoms with E-state index in [-0.39, 0.29) is 5.75 Å². The van der Waals surface area contributed by atoms with Gasteiger partial charge in [-0.3, -0.25) is 0 Å². The number of benzene rings is 1. The van der Waals surface area contributed by atoms with Crippen LogP contribution in [0.25, 0.3) is 0 Å². The molecule has 0 aromatic heterocycles. The van der Waals surface area contributed by atoms with E-state index >= 15 is 0 Å². The average Bonchev–Trinajstić information content (AvgIpc) is 2.32. The molecule has 0 radical (unpaired) electrons. The maximum atomic E-state index is 9.38. The van der Waals surface area contributed by atoms with E-state index in [2.05, 4.69) is 29.5 Å². The highest BCUT2D eigenvalue weighted by Crippen LogP contribution is 2.11. The van der Waals surface area contributed by atoms with Crippen molar-refractivity contribution in [1.82, 2.24) is 10.6 Å². The van der Waals surface area contributed by atoms with Gasteiger partial charge in [-0.15, -0.1) is 0 Å². The number of rotatable bonds is 5. The summed E-state index contributed by atoms with van der Waals surface area (Å²) in [6.45, 7) is 8.65. The van der Waals surface area contributed by atoms with Gasteiger partial charge >= 0.3 is 0 Å². The van der Waals surface area contributed by atoms with Gasteiger partial charge in [0.25, 0.3) is 0 Å². The van der Waals surface area contributed by atoms with Crippen molar-refractivity contribution >= 4 is 5.96 Å². The van der Waals surface area contributed by atoms with Gasteiger partial charge in [0.1, 0.15) is 5.75 Å². The second kappa shape index (κ2) is 7.58. The second-order valence-corrected chi connectivity index (χ2v) is 4.64. The van der Waals surface area contributed by atoms with Crippen LogP contribution in [0.5, 0.6) is 5.75 Å². The minimum absolute atomic E-state index is 0.280. The lowest BCUT2D eigenvalue weighted by Gasteiger charge is -2.12. The molecule has 4 heteroatoms. The summed E-state index contributed by atoms with van der Waals surface area (Å²) in [5.41, 5.74) is 0.997. The van der Waals surface area contributed by atoms with E-state index in [1.165, 1.54) is 0 Å². The molecule has 18 heavy (non-hydrogen) atoms. The Morgan fingerprint density at radius 3 is 2.72 bits per heavy atom. The van der Waals surface area contributed by atoms with Crippen LogP contribution >= 0.6 is 0 Å². The molecule has 0 aliphatic carbocycles. The molecule has 0 bridgehead atoms. The fourth-order valence-corrected chi connectivity index (χ4v) is 1.47. The molecule has 0 fully saturated rings. The number of guanidine groups is 1. The Hall–Kier alpha value is -1.71. The first-order valence-electron chi connectivity index (χ1n) is 6.42. The molecular formula is C14H23N3O. The van der Waals surface area contributed by atoms with Crippen molar-refractivity contribution in [1.29, 1.82) is 0 Å². The highest BCUT2D eigenvalue weighted by molar-refractivity contribution is 5.79. The molecule has 0 spiro atoms. The van der Waals surface area contributed by atoms with Crippen molar-refractivity contribution in [3.05, 3.63) is 29.8 Å². The largest absolute Gasteiger partial charge is 0.508 e. The zero-order valence-electron chi connectivity index (χ0n) is 11.4. The number of nitrogens with zero attached hydrogens (tertiary/aromatic N) is 1. The molecule has 1 aromatic carbocycles. The van der Waals surface area contributed by atoms with Crippen LogP contribution in [0.2, 0.25) is 0 Å². The molecular weight excluding hydrogens is 226 g/mol. The monoisotopic (exact) mass is 249 g/mol. The molecule has 3 N–H and O–H groups in total. The molecule has 0 aliphatic rings. The molecule has 1 rings (SSSR count). The van der Waals surface area contributed by atoms with E-state index in [4.69, 9.17) is 0 Å². The van der Waals surface area contributed by atoms with Gasteiger partial charge in [0.05, 0.1) is 6.54 Å². The summed E-state index contributed by atoms with van der Waals surface area (Å²) in [6, 6.07) is 7.18. The number of phenols is 1. The molecule has 0 amide bonds. The first kappa shape index (κ1) is 14.4. The van der Waals surface area contributed by atoms with Crippen LogP contribution in [0.3, 0.4) is 0 Å². The van der Waals surface area contributed by atoms with E-state index < -0.39 is 0 Å². The third-order valence-corrected chi connectivity index (χ3v) is 2.35. The Kier molecular flexibility index (Phi) is 6.05. The minimum atomic E-state index is 0.280. The van der Waals surface area contributed by atoms with Crippen molar-refractivity contribution in [2.24, 2.45) is 10.9 Å². The zero-order chi connectivity index (χ0) is 13.4. The van der Waals surface area contributed by atoms with Crippen LogP contribution in [-0.2, 0) is 6.54 Å². The SMILES string of the molecule is CCNC(=NCc1cccc(O)c1)NCC(C)C. The topological polar surface area (TPSA) is 56.7 Å². The standard InChI is InChI=1S/C14H23N3O/c1-4-15-14(16-9-11(2)3)17-10-12-6-5-7-13(18)8-12/h5-8,11,18H,4,9-10H2,1-3H3,(H2,15,16,17). The quantitative estimate of drug-likeness (QED) is 0.553. The van der Waals surface area contributed by atoms with Gasteiger partial charge in [0.15, 0.2) is 5.96 Å². The maximum Gasteiger partial charge on any atom is 0.191 e. The highest BCUT2D eigenvalue weighted by atomic mass is 16.3. The van der Waals surface area contributed by atoms with Crippen molar-refractivity contribution < 1.29 is 5.11 Å². The molecule has 0 unspecified atom stereocenters. The second-order valence-electron chi connectivity index (χ2n) is 4.64. The lowest BCUT2D eigenvalue weighted by Crippen LogP contribution is -2.39. The highest BCUT2D eigenvalue weighted by Gasteiger charge is 1.99. The maximum absolute atomic E-state index is 9.38. The smallest absolute Gasteiger partial charge is 0.191 e. The average molecular weight is 249 g/mol. The lowest BCUT2D eigenvalue weighted by molar-refractivity contribution is 0.474. The van der Waals surface area contributed by atoms with E-state index in [1.54, 1.807) is 12.1 Å². The van der Waals surface area contributed by atoms with Crippen LogP contribution in [0.15, 0.2) is 29.3 Å². The van der Waals surface area contributed by atoms with E-state index in [0.717, 1.165) is 24.6 Å². The van der Waals surface area contributed by atoms with Crippen molar-refractivity contribution in [3.63, 3.8) is 0 Å². The lowest BCUT2D eigenvalue weighted by atomic mass is 10.2. The van der Waals surface area contributed by atoms with Gasteiger partial charge in [-0.05, 0) is 30.5 Å². The number of hydrogen-bond acceptors (Lipinski definition) is 2. The molecule has 0 aliphatic heterocycles. The van der Waals surface area contributed by atoms with E-state index in [1.807, 2.05) is 19.1 Å². The Bertz CT molecular complexity index is 388. The van der Waals surface area contributed by atoms with E-state index in [0.29, 0.717) is 12.5 Å².